The number of aliphatic carboxylic acids is 1. The van der Waals surface area contributed by atoms with E-state index >= 15 is 0 Å². The summed E-state index contributed by atoms with van der Waals surface area (Å²) in [5, 5.41) is 19.7. The minimum absolute atomic E-state index is 0. The first kappa shape index (κ1) is 52.1. The fraction of sp³-hybridized carbons (Fsp3) is 0.595. The Labute approximate surface area is 362 Å². The van der Waals surface area contributed by atoms with Crippen LogP contribution in [0.1, 0.15) is 91.2 Å². The zero-order chi connectivity index (χ0) is 42.3. The molecule has 0 atom stereocenters. The van der Waals surface area contributed by atoms with E-state index in [0.717, 1.165) is 20.1 Å². The molecule has 2 aliphatic rings. The number of aliphatic hydroxyl groups is 1. The number of hydrogen-bond donors (Lipinski definition) is 2. The first-order valence-corrected chi connectivity index (χ1v) is 22.0. The van der Waals surface area contributed by atoms with Crippen LogP contribution in [0.4, 0.5) is 9.59 Å². The zero-order valence-electron chi connectivity index (χ0n) is 34.7. The number of carboxylic acid groups (broad SMARTS) is 1. The molecule has 2 heterocycles. The number of ketones is 2. The summed E-state index contributed by atoms with van der Waals surface area (Å²) in [6.45, 7) is 12.4. The molecule has 3 radical (unpaired) electrons. The van der Waals surface area contributed by atoms with Gasteiger partial charge in [-0.1, -0.05) is 56.1 Å². The quantitative estimate of drug-likeness (QED) is 0.222. The summed E-state index contributed by atoms with van der Waals surface area (Å²) in [5.74, 6) is -0.965. The highest BCUT2D eigenvalue weighted by molar-refractivity contribution is 9.10. The van der Waals surface area contributed by atoms with Crippen LogP contribution in [-0.4, -0.2) is 115 Å². The van der Waals surface area contributed by atoms with Crippen LogP contribution in [0, 0.1) is 10.8 Å². The summed E-state index contributed by atoms with van der Waals surface area (Å²) >= 11 is 8.49. The van der Waals surface area contributed by atoms with Gasteiger partial charge < -0.3 is 29.5 Å². The van der Waals surface area contributed by atoms with E-state index in [2.05, 4.69) is 31.9 Å². The fourth-order valence-corrected chi connectivity index (χ4v) is 6.90. The fourth-order valence-electron chi connectivity index (χ4n) is 6.37. The van der Waals surface area contributed by atoms with E-state index in [1.54, 1.807) is 37.4 Å². The highest BCUT2D eigenvalue weighted by Crippen LogP contribution is 2.37. The van der Waals surface area contributed by atoms with Gasteiger partial charge >= 0.3 is 18.2 Å². The normalized spacial score (nSPS) is 16.0. The maximum absolute atomic E-state index is 12.5. The number of nitrogens with zero attached hydrogens (tertiary/aromatic N) is 2. The van der Waals surface area contributed by atoms with Gasteiger partial charge in [-0.2, -0.15) is 11.8 Å². The first-order valence-electron chi connectivity index (χ1n) is 18.8. The molecule has 2 aromatic rings. The van der Waals surface area contributed by atoms with Crippen molar-refractivity contribution in [3.63, 3.8) is 0 Å². The van der Waals surface area contributed by atoms with Crippen molar-refractivity contribution >= 4 is 81.8 Å². The van der Waals surface area contributed by atoms with Crippen LogP contribution in [0.5, 0.6) is 0 Å². The Hall–Kier alpha value is -2.88. The number of rotatable bonds is 10. The average Bonchev–Trinajstić information content (AvgIpc) is 3.10. The summed E-state index contributed by atoms with van der Waals surface area (Å²) in [4.78, 5) is 64.5. The summed E-state index contributed by atoms with van der Waals surface area (Å²) in [7, 11) is 0. The van der Waals surface area contributed by atoms with Crippen LogP contribution in [0.25, 0.3) is 0 Å². The van der Waals surface area contributed by atoms with E-state index in [1.165, 1.54) is 4.90 Å². The third-order valence-corrected chi connectivity index (χ3v) is 10.4. The summed E-state index contributed by atoms with van der Waals surface area (Å²) in [6, 6.07) is 15.1. The van der Waals surface area contributed by atoms with Gasteiger partial charge in [-0.05, 0) is 115 Å². The lowest BCUT2D eigenvalue weighted by molar-refractivity contribution is -0.154. The third kappa shape index (κ3) is 18.7. The number of ether oxygens (including phenoxy) is 2. The van der Waals surface area contributed by atoms with Crippen molar-refractivity contribution in [2.75, 3.05) is 45.3 Å². The number of benzene rings is 2. The molecule has 2 N–H and O–H groups in total. The number of carbonyl (C=O) groups excluding carboxylic acids is 4. The van der Waals surface area contributed by atoms with Crippen molar-refractivity contribution in [2.24, 2.45) is 10.8 Å². The van der Waals surface area contributed by atoms with Gasteiger partial charge in [-0.15, -0.1) is 0 Å². The van der Waals surface area contributed by atoms with E-state index in [-0.39, 0.29) is 71.5 Å². The van der Waals surface area contributed by atoms with Crippen molar-refractivity contribution in [3.05, 3.63) is 68.6 Å². The van der Waals surface area contributed by atoms with Gasteiger partial charge in [0.1, 0.15) is 22.8 Å². The van der Waals surface area contributed by atoms with Crippen molar-refractivity contribution in [1.82, 2.24) is 9.80 Å². The van der Waals surface area contributed by atoms with Crippen molar-refractivity contribution in [3.8, 4) is 0 Å². The molecule has 2 aromatic carbocycles. The molecule has 0 spiro atoms. The number of piperidine rings is 2. The van der Waals surface area contributed by atoms with Crippen molar-refractivity contribution in [2.45, 2.75) is 104 Å². The van der Waals surface area contributed by atoms with Crippen LogP contribution >= 0.6 is 43.6 Å². The molecule has 15 heteroatoms. The summed E-state index contributed by atoms with van der Waals surface area (Å²) in [6.07, 6.45) is 5.89. The number of carboxylic acids is 1. The molecule has 2 saturated heterocycles. The SMILES string of the molecule is CC(C)(C)OC(=O)N1CCC(CC(=O)Cc2ccc(Br)cc2)(C(=O)O)CC1.CC(C)(C)OC(=O)N1CCC(CO)(CC(=O)Cc2ccc(Br)cc2)CC1.CSC.[B]. The van der Waals surface area contributed by atoms with Gasteiger partial charge in [-0.3, -0.25) is 14.4 Å². The third-order valence-electron chi connectivity index (χ3n) is 9.37. The molecule has 57 heavy (non-hydrogen) atoms. The lowest BCUT2D eigenvalue weighted by atomic mass is 9.74. The Morgan fingerprint density at radius 3 is 1.32 bits per heavy atom. The van der Waals surface area contributed by atoms with Gasteiger partial charge in [0, 0.05) is 81.2 Å². The molecule has 0 saturated carbocycles. The second kappa shape index (κ2) is 23.6. The van der Waals surface area contributed by atoms with Crippen LogP contribution in [-0.2, 0) is 36.7 Å². The maximum Gasteiger partial charge on any atom is 0.410 e. The standard InChI is InChI=1S/C20H26BrNO5.C20H28BrNO4.C2H6S.B/c1-19(2,3)27-18(26)22-10-8-20(9-11-22,17(24)25)13-16(23)12-14-4-6-15(21)7-5-14;1-19(2,3)26-18(25)22-10-8-20(14-23,9-11-22)13-17(24)12-15-4-6-16(21)7-5-15;1-3-2;/h4-7H,8-13H2,1-3H3,(H,24,25);4-7,23H,8-14H2,1-3H3;1-2H3;. The Morgan fingerprint density at radius 1 is 0.667 bits per heavy atom. The predicted molar refractivity (Wildman–Crippen MR) is 234 cm³/mol. The highest BCUT2D eigenvalue weighted by Gasteiger charge is 2.44. The second-order valence-electron chi connectivity index (χ2n) is 16.6. The number of Topliss-reactive ketones (excluding diaryl/α,β-unsaturated/α-hetero) is 2. The number of thioether (sulfide) groups is 1. The van der Waals surface area contributed by atoms with Crippen molar-refractivity contribution < 1.29 is 43.7 Å². The van der Waals surface area contributed by atoms with E-state index in [9.17, 15) is 34.2 Å². The molecular formula is C42H60BBr2N2O9S. The number of amides is 2. The number of halogens is 2. The molecule has 0 aliphatic carbocycles. The Kier molecular flexibility index (Phi) is 21.6. The molecule has 0 unspecified atom stereocenters. The number of likely N-dealkylation sites (tertiary alicyclic amines) is 2. The lowest BCUT2D eigenvalue weighted by Gasteiger charge is -2.40. The molecule has 2 fully saturated rings. The minimum Gasteiger partial charge on any atom is -0.481 e. The Morgan fingerprint density at radius 2 is 1.00 bits per heavy atom. The molecule has 0 bridgehead atoms. The summed E-state index contributed by atoms with van der Waals surface area (Å²) in [5.41, 5.74) is -0.856. The molecule has 2 aliphatic heterocycles. The lowest BCUT2D eigenvalue weighted by Crippen LogP contribution is -2.48. The average molecular weight is 940 g/mol. The van der Waals surface area contributed by atoms with E-state index in [0.29, 0.717) is 38.8 Å². The molecule has 2 amide bonds. The molecule has 11 nitrogen and oxygen atoms in total. The van der Waals surface area contributed by atoms with Crippen LogP contribution < -0.4 is 0 Å². The van der Waals surface area contributed by atoms with Crippen molar-refractivity contribution in [1.29, 1.82) is 0 Å². The van der Waals surface area contributed by atoms with Gasteiger partial charge in [0.15, 0.2) is 0 Å². The highest BCUT2D eigenvalue weighted by atomic mass is 79.9. The topological polar surface area (TPSA) is 151 Å². The maximum atomic E-state index is 12.5. The molecule has 0 aromatic heterocycles. The smallest absolute Gasteiger partial charge is 0.410 e. The molecule has 315 valence electrons. The predicted octanol–water partition coefficient (Wildman–Crippen LogP) is 8.61. The largest absolute Gasteiger partial charge is 0.481 e. The number of hydrogen-bond acceptors (Lipinski definition) is 9. The minimum atomic E-state index is -1.12. The Bertz CT molecular complexity index is 1600. The monoisotopic (exact) mass is 937 g/mol. The van der Waals surface area contributed by atoms with Gasteiger partial charge in [-0.25, -0.2) is 9.59 Å². The number of aliphatic hydroxyl groups excluding tert-OH is 1. The van der Waals surface area contributed by atoms with Gasteiger partial charge in [0.2, 0.25) is 0 Å². The zero-order valence-corrected chi connectivity index (χ0v) is 38.7. The van der Waals surface area contributed by atoms with E-state index in [1.807, 2.05) is 81.8 Å². The van der Waals surface area contributed by atoms with Crippen LogP contribution in [0.3, 0.4) is 0 Å². The molecule has 4 rings (SSSR count). The van der Waals surface area contributed by atoms with Crippen LogP contribution in [0.2, 0.25) is 0 Å². The van der Waals surface area contributed by atoms with E-state index in [4.69, 9.17) is 9.47 Å². The molecular weight excluding hydrogens is 879 g/mol. The second-order valence-corrected chi connectivity index (χ2v) is 19.3. The number of carbonyl (C=O) groups is 5. The van der Waals surface area contributed by atoms with Gasteiger partial charge in [0.25, 0.3) is 0 Å². The van der Waals surface area contributed by atoms with E-state index < -0.39 is 34.1 Å². The van der Waals surface area contributed by atoms with Crippen LogP contribution in [0.15, 0.2) is 57.5 Å². The first-order chi connectivity index (χ1) is 26.0. The Balaban J connectivity index is 0.000000525. The van der Waals surface area contributed by atoms with Gasteiger partial charge in [0.05, 0.1) is 5.41 Å². The summed E-state index contributed by atoms with van der Waals surface area (Å²) < 4.78 is 12.7.